The largest absolute Gasteiger partial charge is 0.333 e. The lowest BCUT2D eigenvalue weighted by Gasteiger charge is -2.36. The van der Waals surface area contributed by atoms with Gasteiger partial charge in [-0.2, -0.15) is 0 Å². The highest BCUT2D eigenvalue weighted by atomic mass is 16.1. The van der Waals surface area contributed by atoms with Gasteiger partial charge in [0.25, 0.3) is 0 Å². The van der Waals surface area contributed by atoms with Gasteiger partial charge in [-0.05, 0) is 30.9 Å². The number of aryl methyl sites for hydroxylation is 2. The van der Waals surface area contributed by atoms with Crippen molar-refractivity contribution in [2.24, 2.45) is 11.8 Å². The molecular formula is C22H28NO+. The Morgan fingerprint density at radius 1 is 0.917 bits per heavy atom. The first-order chi connectivity index (χ1) is 11.5. The van der Waals surface area contributed by atoms with Crippen LogP contribution in [0.2, 0.25) is 0 Å². The van der Waals surface area contributed by atoms with Crippen LogP contribution >= 0.6 is 0 Å². The number of quaternary nitrogens is 1. The molecule has 0 radical (unpaired) electrons. The van der Waals surface area contributed by atoms with Crippen molar-refractivity contribution in [2.75, 3.05) is 0 Å². The summed E-state index contributed by atoms with van der Waals surface area (Å²) in [6.07, 6.45) is 0.635. The number of carbonyl (C=O) groups is 1. The minimum Gasteiger partial charge on any atom is -0.333 e. The number of hydrogen-bond donors (Lipinski definition) is 1. The van der Waals surface area contributed by atoms with Crippen LogP contribution < -0.4 is 5.32 Å². The fraction of sp³-hybridized carbons (Fsp3) is 0.409. The van der Waals surface area contributed by atoms with Crippen LogP contribution in [0.3, 0.4) is 0 Å². The smallest absolute Gasteiger partial charge is 0.148 e. The van der Waals surface area contributed by atoms with E-state index in [0.29, 0.717) is 18.1 Å². The van der Waals surface area contributed by atoms with Crippen molar-refractivity contribution in [3.8, 4) is 0 Å². The van der Waals surface area contributed by atoms with Crippen molar-refractivity contribution in [1.82, 2.24) is 0 Å². The van der Waals surface area contributed by atoms with Gasteiger partial charge in [-0.15, -0.1) is 0 Å². The number of piperidine rings is 1. The van der Waals surface area contributed by atoms with Crippen LogP contribution in [-0.4, -0.2) is 5.78 Å². The van der Waals surface area contributed by atoms with E-state index < -0.39 is 0 Å². The fourth-order valence-corrected chi connectivity index (χ4v) is 4.25. The molecule has 2 N–H and O–H groups in total. The number of Topliss-reactive ketones (excluding diaryl/α,β-unsaturated/α-hetero) is 1. The van der Waals surface area contributed by atoms with Gasteiger partial charge in [0.2, 0.25) is 0 Å². The maximum atomic E-state index is 13.0. The molecule has 126 valence electrons. The van der Waals surface area contributed by atoms with E-state index in [0.717, 1.165) is 0 Å². The van der Waals surface area contributed by atoms with E-state index in [1.807, 2.05) is 0 Å². The third-order valence-electron chi connectivity index (χ3n) is 5.47. The molecule has 2 aromatic carbocycles. The quantitative estimate of drug-likeness (QED) is 0.914. The third-order valence-corrected chi connectivity index (χ3v) is 5.47. The minimum atomic E-state index is 0.0892. The molecular weight excluding hydrogens is 294 g/mol. The van der Waals surface area contributed by atoms with Crippen LogP contribution in [0.5, 0.6) is 0 Å². The second kappa shape index (κ2) is 6.90. The number of benzene rings is 2. The van der Waals surface area contributed by atoms with Gasteiger partial charge in [-0.1, -0.05) is 62.4 Å². The maximum Gasteiger partial charge on any atom is 0.148 e. The highest BCUT2D eigenvalue weighted by Gasteiger charge is 2.43. The van der Waals surface area contributed by atoms with E-state index in [2.05, 4.69) is 81.5 Å². The summed E-state index contributed by atoms with van der Waals surface area (Å²) >= 11 is 0. The van der Waals surface area contributed by atoms with Crippen molar-refractivity contribution < 1.29 is 10.1 Å². The molecule has 1 saturated heterocycles. The van der Waals surface area contributed by atoms with E-state index in [-0.39, 0.29) is 18.0 Å². The monoisotopic (exact) mass is 322 g/mol. The summed E-state index contributed by atoms with van der Waals surface area (Å²) in [5.74, 6) is 0.858. The molecule has 0 bridgehead atoms. The summed E-state index contributed by atoms with van der Waals surface area (Å²) in [6, 6.07) is 17.4. The summed E-state index contributed by atoms with van der Waals surface area (Å²) in [6.45, 7) is 8.65. The molecule has 0 amide bonds. The summed E-state index contributed by atoms with van der Waals surface area (Å²) in [4.78, 5) is 13.0. The van der Waals surface area contributed by atoms with Crippen LogP contribution in [0.15, 0.2) is 48.5 Å². The summed E-state index contributed by atoms with van der Waals surface area (Å²) in [5, 5.41) is 2.44. The molecule has 24 heavy (non-hydrogen) atoms. The van der Waals surface area contributed by atoms with E-state index >= 15 is 0 Å². The number of carbonyl (C=O) groups excluding carboxylic acids is 1. The van der Waals surface area contributed by atoms with Crippen LogP contribution in [-0.2, 0) is 4.79 Å². The Morgan fingerprint density at radius 2 is 1.46 bits per heavy atom. The van der Waals surface area contributed by atoms with Crippen molar-refractivity contribution in [3.63, 3.8) is 0 Å². The molecule has 1 fully saturated rings. The predicted octanol–water partition coefficient (Wildman–Crippen LogP) is 3.89. The number of hydrogen-bond acceptors (Lipinski definition) is 1. The number of ketones is 1. The van der Waals surface area contributed by atoms with Crippen LogP contribution in [0.25, 0.3) is 0 Å². The summed E-state index contributed by atoms with van der Waals surface area (Å²) in [7, 11) is 0. The average molecular weight is 322 g/mol. The first kappa shape index (κ1) is 16.9. The van der Waals surface area contributed by atoms with E-state index in [4.69, 9.17) is 0 Å². The van der Waals surface area contributed by atoms with Gasteiger partial charge >= 0.3 is 0 Å². The molecule has 0 aliphatic carbocycles. The van der Waals surface area contributed by atoms with Gasteiger partial charge in [-0.3, -0.25) is 4.79 Å². The Bertz CT molecular complexity index is 734. The van der Waals surface area contributed by atoms with Crippen LogP contribution in [0.4, 0.5) is 0 Å². The molecule has 2 nitrogen and oxygen atoms in total. The molecule has 1 aliphatic heterocycles. The zero-order chi connectivity index (χ0) is 17.3. The molecule has 1 heterocycles. The van der Waals surface area contributed by atoms with E-state index in [1.54, 1.807) is 0 Å². The molecule has 0 spiro atoms. The van der Waals surface area contributed by atoms with Gasteiger partial charge in [0.1, 0.15) is 17.9 Å². The van der Waals surface area contributed by atoms with Gasteiger partial charge in [0.15, 0.2) is 0 Å². The van der Waals surface area contributed by atoms with Crippen LogP contribution in [0.1, 0.15) is 54.6 Å². The lowest BCUT2D eigenvalue weighted by molar-refractivity contribution is -0.744. The molecule has 1 aliphatic rings. The second-order valence-corrected chi connectivity index (χ2v) is 7.48. The Balaban J connectivity index is 2.01. The molecule has 3 atom stereocenters. The average Bonchev–Trinajstić information content (AvgIpc) is 2.54. The van der Waals surface area contributed by atoms with Gasteiger partial charge in [-0.25, -0.2) is 0 Å². The first-order valence-electron chi connectivity index (χ1n) is 8.97. The highest BCUT2D eigenvalue weighted by molar-refractivity contribution is 5.83. The van der Waals surface area contributed by atoms with Crippen molar-refractivity contribution in [1.29, 1.82) is 0 Å². The first-order valence-corrected chi connectivity index (χ1v) is 8.97. The van der Waals surface area contributed by atoms with Gasteiger partial charge in [0.05, 0.1) is 12.3 Å². The predicted molar refractivity (Wildman–Crippen MR) is 97.7 cm³/mol. The molecule has 3 rings (SSSR count). The fourth-order valence-electron chi connectivity index (χ4n) is 4.25. The molecule has 3 unspecified atom stereocenters. The number of rotatable bonds is 3. The second-order valence-electron chi connectivity index (χ2n) is 7.48. The molecule has 0 aromatic heterocycles. The zero-order valence-corrected chi connectivity index (χ0v) is 15.1. The van der Waals surface area contributed by atoms with E-state index in [9.17, 15) is 4.79 Å². The Morgan fingerprint density at radius 3 is 2.00 bits per heavy atom. The normalized spacial score (nSPS) is 24.4. The third kappa shape index (κ3) is 3.16. The lowest BCUT2D eigenvalue weighted by atomic mass is 9.74. The Labute approximate surface area is 145 Å². The van der Waals surface area contributed by atoms with Crippen LogP contribution in [0, 0.1) is 25.7 Å². The summed E-state index contributed by atoms with van der Waals surface area (Å²) < 4.78 is 0. The Hall–Kier alpha value is -1.93. The SMILES string of the molecule is Cc1ccccc1C1CC(=O)C(C(C)C)C(c2ccccc2C)[NH2+]1. The minimum absolute atomic E-state index is 0.0892. The topological polar surface area (TPSA) is 33.7 Å². The van der Waals surface area contributed by atoms with Crippen molar-refractivity contribution in [3.05, 3.63) is 70.8 Å². The lowest BCUT2D eigenvalue weighted by Crippen LogP contribution is -2.90. The molecule has 2 aromatic rings. The molecule has 0 saturated carbocycles. The van der Waals surface area contributed by atoms with E-state index in [1.165, 1.54) is 22.3 Å². The van der Waals surface area contributed by atoms with Crippen molar-refractivity contribution >= 4 is 5.78 Å². The van der Waals surface area contributed by atoms with Gasteiger partial charge < -0.3 is 5.32 Å². The Kier molecular flexibility index (Phi) is 4.86. The molecule has 2 heteroatoms. The number of nitrogens with two attached hydrogens (primary N) is 1. The standard InChI is InChI=1S/C22H27NO/c1-14(2)21-20(24)13-19(17-11-7-5-9-15(17)3)23-22(21)18-12-8-6-10-16(18)4/h5-12,14,19,21-23H,13H2,1-4H3/p+1. The highest BCUT2D eigenvalue weighted by Crippen LogP contribution is 2.35. The van der Waals surface area contributed by atoms with Gasteiger partial charge in [0, 0.05) is 11.1 Å². The zero-order valence-electron chi connectivity index (χ0n) is 15.1. The maximum absolute atomic E-state index is 13.0. The van der Waals surface area contributed by atoms with Crippen molar-refractivity contribution in [2.45, 2.75) is 46.2 Å². The summed E-state index contributed by atoms with van der Waals surface area (Å²) in [5.41, 5.74) is 5.16.